The van der Waals surface area contributed by atoms with Crippen molar-refractivity contribution in [2.45, 2.75) is 66.5 Å². The van der Waals surface area contributed by atoms with E-state index in [-0.39, 0.29) is 5.56 Å². The van der Waals surface area contributed by atoms with E-state index < -0.39 is 0 Å². The molecule has 0 saturated carbocycles. The molecule has 0 amide bonds. The molecule has 0 saturated heterocycles. The molecular weight excluding hydrogens is 396 g/mol. The predicted molar refractivity (Wildman–Crippen MR) is 126 cm³/mol. The second kappa shape index (κ2) is 10.5. The van der Waals surface area contributed by atoms with Crippen LogP contribution in [0.25, 0.3) is 20.4 Å². The van der Waals surface area contributed by atoms with E-state index in [1.165, 1.54) is 11.3 Å². The van der Waals surface area contributed by atoms with Gasteiger partial charge in [-0.2, -0.15) is 0 Å². The molecule has 3 heterocycles. The maximum atomic E-state index is 13.5. The Balaban J connectivity index is 2.11. The maximum absolute atomic E-state index is 13.5. The fourth-order valence-corrected chi connectivity index (χ4v) is 5.15. The van der Waals surface area contributed by atoms with Crippen LogP contribution in [-0.4, -0.2) is 46.2 Å². The van der Waals surface area contributed by atoms with E-state index in [1.54, 1.807) is 7.11 Å². The number of aryl methyl sites for hydroxylation is 2. The van der Waals surface area contributed by atoms with Crippen molar-refractivity contribution in [1.82, 2.24) is 19.4 Å². The van der Waals surface area contributed by atoms with E-state index in [4.69, 9.17) is 14.7 Å². The van der Waals surface area contributed by atoms with Crippen molar-refractivity contribution in [3.8, 4) is 0 Å². The second-order valence-electron chi connectivity index (χ2n) is 7.78. The van der Waals surface area contributed by atoms with Crippen LogP contribution < -0.4 is 5.56 Å². The fraction of sp³-hybridized carbons (Fsp3) is 0.609. The minimum atomic E-state index is 0.0784. The highest BCUT2D eigenvalue weighted by Gasteiger charge is 2.19. The summed E-state index contributed by atoms with van der Waals surface area (Å²) in [6.45, 7) is 12.8. The lowest BCUT2D eigenvalue weighted by molar-refractivity contribution is 0.186. The lowest BCUT2D eigenvalue weighted by atomic mass is 10.1. The number of thiophene rings is 1. The quantitative estimate of drug-likeness (QED) is 0.447. The summed E-state index contributed by atoms with van der Waals surface area (Å²) in [7, 11) is 1.69. The van der Waals surface area contributed by atoms with Crippen molar-refractivity contribution in [2.75, 3.05) is 26.7 Å². The van der Waals surface area contributed by atoms with Crippen molar-refractivity contribution in [3.63, 3.8) is 0 Å². The predicted octanol–water partition coefficient (Wildman–Crippen LogP) is 4.54. The van der Waals surface area contributed by atoms with Gasteiger partial charge in [0, 0.05) is 31.2 Å². The molecule has 0 N–H and O–H groups in total. The van der Waals surface area contributed by atoms with Crippen LogP contribution in [0.4, 0.5) is 0 Å². The van der Waals surface area contributed by atoms with E-state index in [9.17, 15) is 4.79 Å². The summed E-state index contributed by atoms with van der Waals surface area (Å²) in [5.74, 6) is 0.900. The van der Waals surface area contributed by atoms with Gasteiger partial charge in [0.2, 0.25) is 0 Å². The molecule has 0 fully saturated rings. The van der Waals surface area contributed by atoms with Crippen LogP contribution in [-0.2, 0) is 24.3 Å². The van der Waals surface area contributed by atoms with Gasteiger partial charge in [0.15, 0.2) is 0 Å². The Morgan fingerprint density at radius 1 is 1.17 bits per heavy atom. The number of aromatic nitrogens is 3. The van der Waals surface area contributed by atoms with Gasteiger partial charge < -0.3 is 9.64 Å². The maximum Gasteiger partial charge on any atom is 0.271 e. The van der Waals surface area contributed by atoms with E-state index in [0.717, 1.165) is 78.1 Å². The molecule has 3 aromatic rings. The minimum Gasteiger partial charge on any atom is -0.380 e. The van der Waals surface area contributed by atoms with Crippen molar-refractivity contribution < 1.29 is 4.74 Å². The first-order valence-corrected chi connectivity index (χ1v) is 11.9. The van der Waals surface area contributed by atoms with Gasteiger partial charge in [-0.05, 0) is 51.0 Å². The molecule has 0 radical (unpaired) electrons. The molecule has 0 unspecified atom stereocenters. The molecule has 0 aliphatic carbocycles. The normalized spacial score (nSPS) is 11.9. The zero-order chi connectivity index (χ0) is 21.7. The third-order valence-electron chi connectivity index (χ3n) is 5.64. The average Bonchev–Trinajstić information content (AvgIpc) is 3.10. The Morgan fingerprint density at radius 2 is 1.93 bits per heavy atom. The molecule has 0 spiro atoms. The van der Waals surface area contributed by atoms with Crippen LogP contribution in [0, 0.1) is 6.92 Å². The van der Waals surface area contributed by atoms with Gasteiger partial charge >= 0.3 is 0 Å². The highest BCUT2D eigenvalue weighted by Crippen LogP contribution is 2.33. The Bertz CT molecular complexity index is 1050. The zero-order valence-electron chi connectivity index (χ0n) is 19.0. The number of ether oxygens (including phenoxy) is 1. The van der Waals surface area contributed by atoms with Gasteiger partial charge in [0.05, 0.1) is 12.1 Å². The first kappa shape index (κ1) is 22.8. The molecule has 164 valence electrons. The van der Waals surface area contributed by atoms with E-state index >= 15 is 0 Å². The first-order valence-electron chi connectivity index (χ1n) is 11.1. The van der Waals surface area contributed by atoms with Crippen LogP contribution >= 0.6 is 11.3 Å². The standard InChI is InChI=1S/C23H34N4O2S/c1-6-9-11-18-25-20-19-17(15-29-5)14-16(4)24-22(19)30-21(20)23(28)27(18)13-10-12-26(7-2)8-3/h14H,6-13,15H2,1-5H3. The molecule has 7 heteroatoms. The van der Waals surface area contributed by atoms with Gasteiger partial charge in [-0.3, -0.25) is 9.36 Å². The van der Waals surface area contributed by atoms with Crippen LogP contribution in [0.15, 0.2) is 10.9 Å². The molecule has 30 heavy (non-hydrogen) atoms. The molecule has 3 aromatic heterocycles. The summed E-state index contributed by atoms with van der Waals surface area (Å²) in [5, 5.41) is 0.979. The Kier molecular flexibility index (Phi) is 7.97. The van der Waals surface area contributed by atoms with E-state index in [2.05, 4.69) is 25.7 Å². The molecule has 0 bridgehead atoms. The summed E-state index contributed by atoms with van der Waals surface area (Å²) in [5.41, 5.74) is 2.87. The molecule has 0 aliphatic rings. The summed E-state index contributed by atoms with van der Waals surface area (Å²) in [6.07, 6.45) is 3.88. The highest BCUT2D eigenvalue weighted by atomic mass is 32.1. The lowest BCUT2D eigenvalue weighted by Crippen LogP contribution is -2.29. The van der Waals surface area contributed by atoms with Gasteiger partial charge in [-0.1, -0.05) is 27.2 Å². The number of pyridine rings is 1. The number of hydrogen-bond donors (Lipinski definition) is 0. The lowest BCUT2D eigenvalue weighted by Gasteiger charge is -2.19. The third kappa shape index (κ3) is 4.74. The number of fused-ring (bicyclic) bond motifs is 3. The number of hydrogen-bond acceptors (Lipinski definition) is 6. The molecule has 6 nitrogen and oxygen atoms in total. The van der Waals surface area contributed by atoms with Gasteiger partial charge in [0.25, 0.3) is 5.56 Å². The van der Waals surface area contributed by atoms with Gasteiger partial charge in [-0.15, -0.1) is 11.3 Å². The molecule has 0 aliphatic heterocycles. The SMILES string of the molecule is CCCCc1nc2c(sc3nc(C)cc(COC)c32)c(=O)n1CCCN(CC)CC. The first-order chi connectivity index (χ1) is 14.5. The van der Waals surface area contributed by atoms with E-state index in [1.807, 2.05) is 17.6 Å². The fourth-order valence-electron chi connectivity index (χ4n) is 3.99. The van der Waals surface area contributed by atoms with Crippen LogP contribution in [0.5, 0.6) is 0 Å². The second-order valence-corrected chi connectivity index (χ2v) is 8.78. The molecule has 0 atom stereocenters. The average molecular weight is 431 g/mol. The third-order valence-corrected chi connectivity index (χ3v) is 6.70. The Morgan fingerprint density at radius 3 is 2.60 bits per heavy atom. The smallest absolute Gasteiger partial charge is 0.271 e. The van der Waals surface area contributed by atoms with Crippen molar-refractivity contribution in [1.29, 1.82) is 0 Å². The summed E-state index contributed by atoms with van der Waals surface area (Å²) < 4.78 is 8.04. The largest absolute Gasteiger partial charge is 0.380 e. The highest BCUT2D eigenvalue weighted by molar-refractivity contribution is 7.25. The van der Waals surface area contributed by atoms with Crippen LogP contribution in [0.1, 0.15) is 57.1 Å². The Hall–Kier alpha value is -1.83. The summed E-state index contributed by atoms with van der Waals surface area (Å²) >= 11 is 1.47. The minimum absolute atomic E-state index is 0.0784. The van der Waals surface area contributed by atoms with Crippen molar-refractivity contribution in [2.24, 2.45) is 0 Å². The van der Waals surface area contributed by atoms with Crippen LogP contribution in [0.2, 0.25) is 0 Å². The van der Waals surface area contributed by atoms with Crippen LogP contribution in [0.3, 0.4) is 0 Å². The Labute approximate surface area is 182 Å². The van der Waals surface area contributed by atoms with Gasteiger partial charge in [0.1, 0.15) is 15.4 Å². The number of methoxy groups -OCH3 is 1. The molecule has 3 rings (SSSR count). The zero-order valence-corrected chi connectivity index (χ0v) is 19.8. The van der Waals surface area contributed by atoms with Crippen molar-refractivity contribution >= 4 is 31.8 Å². The van der Waals surface area contributed by atoms with E-state index in [0.29, 0.717) is 17.9 Å². The van der Waals surface area contributed by atoms with Gasteiger partial charge in [-0.25, -0.2) is 9.97 Å². The summed E-state index contributed by atoms with van der Waals surface area (Å²) in [4.78, 5) is 26.5. The number of rotatable bonds is 11. The molecule has 0 aromatic carbocycles. The number of unbranched alkanes of at least 4 members (excludes halogenated alkanes) is 1. The topological polar surface area (TPSA) is 60.3 Å². The number of nitrogens with zero attached hydrogens (tertiary/aromatic N) is 4. The van der Waals surface area contributed by atoms with Crippen molar-refractivity contribution in [3.05, 3.63) is 33.5 Å². The monoisotopic (exact) mass is 430 g/mol. The molecular formula is C23H34N4O2S. The summed E-state index contributed by atoms with van der Waals surface area (Å²) in [6, 6.07) is 2.04.